The second kappa shape index (κ2) is 13.0. The lowest BCUT2D eigenvalue weighted by Crippen LogP contribution is -2.39. The predicted octanol–water partition coefficient (Wildman–Crippen LogP) is 5.94. The Morgan fingerprint density at radius 2 is 1.72 bits per heavy atom. The number of hydrazone groups is 1. The van der Waals surface area contributed by atoms with Crippen LogP contribution in [0, 0.1) is 11.8 Å². The molecule has 188 valence electrons. The summed E-state index contributed by atoms with van der Waals surface area (Å²) >= 11 is 12.2. The monoisotopic (exact) mass is 527 g/mol. The van der Waals surface area contributed by atoms with Crippen molar-refractivity contribution in [2.45, 2.75) is 20.5 Å². The SMILES string of the molecule is COc1ccc(NC(=O)C(C(=O)NN=Cc2ccccc2OCc2ccc(Cl)cc2Cl)C(C)C)cc1. The van der Waals surface area contributed by atoms with Crippen LogP contribution in [0.2, 0.25) is 10.0 Å². The van der Waals surface area contributed by atoms with E-state index >= 15 is 0 Å². The topological polar surface area (TPSA) is 89.0 Å². The summed E-state index contributed by atoms with van der Waals surface area (Å²) in [6.45, 7) is 3.83. The number of amides is 2. The molecule has 3 aromatic rings. The van der Waals surface area contributed by atoms with E-state index in [1.54, 1.807) is 75.6 Å². The van der Waals surface area contributed by atoms with E-state index in [-0.39, 0.29) is 12.5 Å². The van der Waals surface area contributed by atoms with Crippen molar-refractivity contribution in [3.8, 4) is 11.5 Å². The molecule has 0 heterocycles. The highest BCUT2D eigenvalue weighted by atomic mass is 35.5. The second-order valence-electron chi connectivity index (χ2n) is 8.24. The molecule has 0 radical (unpaired) electrons. The van der Waals surface area contributed by atoms with E-state index in [2.05, 4.69) is 15.8 Å². The number of carbonyl (C=O) groups is 2. The molecule has 0 aliphatic carbocycles. The Labute approximate surface area is 220 Å². The molecule has 0 aromatic heterocycles. The molecule has 36 heavy (non-hydrogen) atoms. The normalized spacial score (nSPS) is 11.8. The van der Waals surface area contributed by atoms with Crippen LogP contribution in [0.15, 0.2) is 71.8 Å². The van der Waals surface area contributed by atoms with Gasteiger partial charge >= 0.3 is 0 Å². The highest BCUT2D eigenvalue weighted by molar-refractivity contribution is 6.35. The maximum atomic E-state index is 12.8. The number of methoxy groups -OCH3 is 1. The molecule has 0 fully saturated rings. The van der Waals surface area contributed by atoms with E-state index in [1.165, 1.54) is 6.21 Å². The lowest BCUT2D eigenvalue weighted by Gasteiger charge is -2.18. The van der Waals surface area contributed by atoms with E-state index in [9.17, 15) is 9.59 Å². The quantitative estimate of drug-likeness (QED) is 0.194. The van der Waals surface area contributed by atoms with Crippen molar-refractivity contribution in [2.24, 2.45) is 16.9 Å². The Hall–Kier alpha value is -3.55. The van der Waals surface area contributed by atoms with Crippen molar-refractivity contribution in [1.82, 2.24) is 5.43 Å². The summed E-state index contributed by atoms with van der Waals surface area (Å²) in [5.74, 6) is -0.911. The Morgan fingerprint density at radius 1 is 1.00 bits per heavy atom. The summed E-state index contributed by atoms with van der Waals surface area (Å²) in [4.78, 5) is 25.6. The Bertz CT molecular complexity index is 1230. The molecule has 0 saturated carbocycles. The number of halogens is 2. The van der Waals surface area contributed by atoms with Crippen molar-refractivity contribution in [3.63, 3.8) is 0 Å². The van der Waals surface area contributed by atoms with Crippen molar-refractivity contribution in [3.05, 3.63) is 87.9 Å². The lowest BCUT2D eigenvalue weighted by molar-refractivity contribution is -0.134. The van der Waals surface area contributed by atoms with E-state index in [0.717, 1.165) is 5.56 Å². The molecule has 3 aromatic carbocycles. The Balaban J connectivity index is 1.63. The summed E-state index contributed by atoms with van der Waals surface area (Å²) in [5, 5.41) is 7.88. The van der Waals surface area contributed by atoms with Crippen LogP contribution < -0.4 is 20.2 Å². The van der Waals surface area contributed by atoms with Gasteiger partial charge < -0.3 is 14.8 Å². The third-order valence-corrected chi connectivity index (χ3v) is 5.87. The van der Waals surface area contributed by atoms with Crippen molar-refractivity contribution < 1.29 is 19.1 Å². The third-order valence-electron chi connectivity index (χ3n) is 5.28. The standard InChI is InChI=1S/C27H27Cl2N3O4/c1-17(2)25(26(33)31-21-10-12-22(35-3)13-11-21)27(34)32-30-15-18-6-4-5-7-24(18)36-16-19-8-9-20(28)14-23(19)29/h4-15,17,25H,16H2,1-3H3,(H,31,33)(H,32,34). The molecule has 1 unspecified atom stereocenters. The molecule has 1 atom stereocenters. The summed E-state index contributed by atoms with van der Waals surface area (Å²) < 4.78 is 11.0. The molecule has 3 rings (SSSR count). The summed E-state index contributed by atoms with van der Waals surface area (Å²) in [7, 11) is 1.56. The fourth-order valence-corrected chi connectivity index (χ4v) is 3.83. The van der Waals surface area contributed by atoms with Gasteiger partial charge in [0.15, 0.2) is 0 Å². The van der Waals surface area contributed by atoms with Gasteiger partial charge in [-0.3, -0.25) is 9.59 Å². The number of hydrogen-bond donors (Lipinski definition) is 2. The first-order valence-corrected chi connectivity index (χ1v) is 12.0. The maximum absolute atomic E-state index is 12.8. The Kier molecular flexibility index (Phi) is 9.73. The summed E-state index contributed by atoms with van der Waals surface area (Å²) in [6, 6.07) is 19.3. The largest absolute Gasteiger partial charge is 0.497 e. The molecular formula is C27H27Cl2N3O4. The molecule has 2 amide bonds. The zero-order chi connectivity index (χ0) is 26.1. The van der Waals surface area contributed by atoms with Crippen LogP contribution in [0.5, 0.6) is 11.5 Å². The van der Waals surface area contributed by atoms with Crippen LogP contribution in [0.1, 0.15) is 25.0 Å². The molecular weight excluding hydrogens is 501 g/mol. The average Bonchev–Trinajstić information content (AvgIpc) is 2.84. The zero-order valence-electron chi connectivity index (χ0n) is 20.1. The highest BCUT2D eigenvalue weighted by Gasteiger charge is 2.30. The molecule has 2 N–H and O–H groups in total. The third kappa shape index (κ3) is 7.47. The first kappa shape index (κ1) is 27.0. The van der Waals surface area contributed by atoms with Crippen LogP contribution in [0.3, 0.4) is 0 Å². The maximum Gasteiger partial charge on any atom is 0.252 e. The molecule has 0 aliphatic heterocycles. The van der Waals surface area contributed by atoms with Crippen molar-refractivity contribution in [2.75, 3.05) is 12.4 Å². The minimum Gasteiger partial charge on any atom is -0.497 e. The van der Waals surface area contributed by atoms with Crippen LogP contribution in [0.4, 0.5) is 5.69 Å². The number of rotatable bonds is 10. The van der Waals surface area contributed by atoms with E-state index in [0.29, 0.717) is 32.8 Å². The van der Waals surface area contributed by atoms with Gasteiger partial charge in [-0.1, -0.05) is 55.2 Å². The molecule has 0 spiro atoms. The summed E-state index contributed by atoms with van der Waals surface area (Å²) in [6.07, 6.45) is 1.47. The molecule has 7 nitrogen and oxygen atoms in total. The van der Waals surface area contributed by atoms with Crippen molar-refractivity contribution >= 4 is 46.9 Å². The van der Waals surface area contributed by atoms with Gasteiger partial charge in [0.2, 0.25) is 5.91 Å². The molecule has 0 bridgehead atoms. The number of anilines is 1. The fourth-order valence-electron chi connectivity index (χ4n) is 3.37. The highest BCUT2D eigenvalue weighted by Crippen LogP contribution is 2.24. The second-order valence-corrected chi connectivity index (χ2v) is 9.08. The number of nitrogens with one attached hydrogen (secondary N) is 2. The van der Waals surface area contributed by atoms with E-state index < -0.39 is 17.7 Å². The van der Waals surface area contributed by atoms with Crippen molar-refractivity contribution in [1.29, 1.82) is 0 Å². The van der Waals surface area contributed by atoms with Crippen LogP contribution in [0.25, 0.3) is 0 Å². The number of para-hydroxylation sites is 1. The zero-order valence-corrected chi connectivity index (χ0v) is 21.6. The minimum atomic E-state index is -0.942. The number of hydrogen-bond acceptors (Lipinski definition) is 5. The van der Waals surface area contributed by atoms with Gasteiger partial charge in [-0.2, -0.15) is 5.10 Å². The van der Waals surface area contributed by atoms with Gasteiger partial charge in [0.25, 0.3) is 5.91 Å². The van der Waals surface area contributed by atoms with Gasteiger partial charge in [0, 0.05) is 26.9 Å². The minimum absolute atomic E-state index is 0.230. The predicted molar refractivity (Wildman–Crippen MR) is 143 cm³/mol. The average molecular weight is 528 g/mol. The smallest absolute Gasteiger partial charge is 0.252 e. The first-order valence-electron chi connectivity index (χ1n) is 11.2. The van der Waals surface area contributed by atoms with Gasteiger partial charge in [-0.25, -0.2) is 5.43 Å². The van der Waals surface area contributed by atoms with E-state index in [4.69, 9.17) is 32.7 Å². The number of benzene rings is 3. The first-order chi connectivity index (χ1) is 17.3. The summed E-state index contributed by atoms with van der Waals surface area (Å²) in [5.41, 5.74) is 4.46. The molecule has 0 saturated heterocycles. The lowest BCUT2D eigenvalue weighted by atomic mass is 9.94. The van der Waals surface area contributed by atoms with Crippen LogP contribution >= 0.6 is 23.2 Å². The van der Waals surface area contributed by atoms with Crippen LogP contribution in [-0.4, -0.2) is 25.1 Å². The molecule has 0 aliphatic rings. The van der Waals surface area contributed by atoms with Gasteiger partial charge in [-0.05, 0) is 54.4 Å². The Morgan fingerprint density at radius 3 is 2.39 bits per heavy atom. The van der Waals surface area contributed by atoms with Gasteiger partial charge in [0.05, 0.1) is 13.3 Å². The van der Waals surface area contributed by atoms with E-state index in [1.807, 2.05) is 12.1 Å². The number of nitrogens with zero attached hydrogens (tertiary/aromatic N) is 1. The number of carbonyl (C=O) groups excluding carboxylic acids is 2. The molecule has 9 heteroatoms. The van der Waals surface area contributed by atoms with Gasteiger partial charge in [0.1, 0.15) is 24.0 Å². The number of ether oxygens (including phenoxy) is 2. The fraction of sp³-hybridized carbons (Fsp3) is 0.222. The van der Waals surface area contributed by atoms with Gasteiger partial charge in [-0.15, -0.1) is 0 Å². The van der Waals surface area contributed by atoms with Crippen LogP contribution in [-0.2, 0) is 16.2 Å².